The Kier molecular flexibility index (Phi) is 3.11. The van der Waals surface area contributed by atoms with E-state index in [0.29, 0.717) is 20.5 Å². The highest BCUT2D eigenvalue weighted by Crippen LogP contribution is 2.19. The maximum atomic E-state index is 13.0. The smallest absolute Gasteiger partial charge is 0.159 e. The first-order valence-corrected chi connectivity index (χ1v) is 5.48. The van der Waals surface area contributed by atoms with Crippen molar-refractivity contribution in [1.82, 2.24) is 9.97 Å². The van der Waals surface area contributed by atoms with E-state index in [1.165, 1.54) is 12.3 Å². The molecule has 82 valence electrons. The molecule has 0 bridgehead atoms. The van der Waals surface area contributed by atoms with Gasteiger partial charge in [0.1, 0.15) is 10.5 Å². The molecule has 0 radical (unpaired) electrons. The summed E-state index contributed by atoms with van der Waals surface area (Å²) in [6.07, 6.45) is 1.51. The number of aromatic nitrogens is 2. The second-order valence-corrected chi connectivity index (χ2v) is 4.30. The largest absolute Gasteiger partial charge is 0.330 e. The lowest BCUT2D eigenvalue weighted by atomic mass is 10.2. The Balaban J connectivity index is 2.55. The molecule has 1 heterocycles. The first-order valence-electron chi connectivity index (χ1n) is 4.28. The van der Waals surface area contributed by atoms with Gasteiger partial charge in [-0.15, -0.1) is 0 Å². The topological polar surface area (TPSA) is 28.7 Å². The number of benzene rings is 1. The van der Waals surface area contributed by atoms with Crippen LogP contribution < -0.4 is 0 Å². The van der Waals surface area contributed by atoms with Crippen LogP contribution in [0.15, 0.2) is 28.9 Å². The standard InChI is InChI=1S/C10H5BrF2N2S/c11-6-4-14-9(15-10(6)16)5-1-2-7(12)8(13)3-5/h1-4H,(H,14,15,16). The summed E-state index contributed by atoms with van der Waals surface area (Å²) in [4.78, 5) is 6.83. The number of nitrogens with one attached hydrogen (secondary N) is 1. The Bertz CT molecular complexity index is 598. The average Bonchev–Trinajstić information content (AvgIpc) is 2.26. The Morgan fingerprint density at radius 3 is 2.62 bits per heavy atom. The van der Waals surface area contributed by atoms with Crippen LogP contribution in [-0.4, -0.2) is 9.97 Å². The minimum Gasteiger partial charge on any atom is -0.330 e. The molecule has 2 rings (SSSR count). The molecule has 0 aliphatic heterocycles. The third kappa shape index (κ3) is 2.17. The fourth-order valence-corrected chi connectivity index (χ4v) is 1.52. The number of hydrogen-bond donors (Lipinski definition) is 1. The van der Waals surface area contributed by atoms with Gasteiger partial charge in [-0.1, -0.05) is 12.2 Å². The molecule has 0 fully saturated rings. The van der Waals surface area contributed by atoms with E-state index in [9.17, 15) is 8.78 Å². The predicted octanol–water partition coefficient (Wildman–Crippen LogP) is 3.85. The van der Waals surface area contributed by atoms with E-state index in [2.05, 4.69) is 25.9 Å². The van der Waals surface area contributed by atoms with Gasteiger partial charge in [0.15, 0.2) is 11.6 Å². The van der Waals surface area contributed by atoms with Crippen molar-refractivity contribution < 1.29 is 8.78 Å². The van der Waals surface area contributed by atoms with Crippen molar-refractivity contribution in [3.05, 3.63) is 45.1 Å². The SMILES string of the molecule is Fc1ccc(-c2ncc(Br)c(=S)[nH]2)cc1F. The average molecular weight is 303 g/mol. The Morgan fingerprint density at radius 1 is 1.25 bits per heavy atom. The molecule has 0 saturated carbocycles. The van der Waals surface area contributed by atoms with Crippen molar-refractivity contribution in [3.63, 3.8) is 0 Å². The van der Waals surface area contributed by atoms with Crippen LogP contribution in [0.1, 0.15) is 0 Å². The van der Waals surface area contributed by atoms with E-state index in [-0.39, 0.29) is 0 Å². The van der Waals surface area contributed by atoms with Gasteiger partial charge in [0.25, 0.3) is 0 Å². The van der Waals surface area contributed by atoms with Gasteiger partial charge >= 0.3 is 0 Å². The highest BCUT2D eigenvalue weighted by atomic mass is 79.9. The molecule has 0 amide bonds. The molecule has 0 atom stereocenters. The summed E-state index contributed by atoms with van der Waals surface area (Å²) in [5.74, 6) is -1.41. The zero-order chi connectivity index (χ0) is 11.7. The van der Waals surface area contributed by atoms with Gasteiger partial charge in [-0.3, -0.25) is 0 Å². The summed E-state index contributed by atoms with van der Waals surface area (Å²) in [5, 5.41) is 0. The van der Waals surface area contributed by atoms with Crippen molar-refractivity contribution in [2.24, 2.45) is 0 Å². The minimum atomic E-state index is -0.915. The van der Waals surface area contributed by atoms with Gasteiger partial charge in [0, 0.05) is 11.8 Å². The highest BCUT2D eigenvalue weighted by Gasteiger charge is 2.06. The van der Waals surface area contributed by atoms with Crippen LogP contribution >= 0.6 is 28.1 Å². The zero-order valence-corrected chi connectivity index (χ0v) is 10.2. The van der Waals surface area contributed by atoms with Gasteiger partial charge in [-0.2, -0.15) is 0 Å². The Hall–Kier alpha value is -1.14. The molecule has 0 saturated heterocycles. The lowest BCUT2D eigenvalue weighted by Gasteiger charge is -2.02. The summed E-state index contributed by atoms with van der Waals surface area (Å²) in [6, 6.07) is 3.54. The molecule has 2 nitrogen and oxygen atoms in total. The molecule has 6 heteroatoms. The van der Waals surface area contributed by atoms with Crippen LogP contribution in [-0.2, 0) is 0 Å². The minimum absolute atomic E-state index is 0.395. The van der Waals surface area contributed by atoms with Crippen molar-refractivity contribution in [2.75, 3.05) is 0 Å². The number of nitrogens with zero attached hydrogens (tertiary/aromatic N) is 1. The van der Waals surface area contributed by atoms with E-state index in [4.69, 9.17) is 12.2 Å². The van der Waals surface area contributed by atoms with Crippen molar-refractivity contribution in [3.8, 4) is 11.4 Å². The van der Waals surface area contributed by atoms with E-state index in [0.717, 1.165) is 12.1 Å². The molecule has 16 heavy (non-hydrogen) atoms. The first kappa shape index (κ1) is 11.3. The Labute approximate surface area is 103 Å². The summed E-state index contributed by atoms with van der Waals surface area (Å²) in [6.45, 7) is 0. The molecular weight excluding hydrogens is 298 g/mol. The third-order valence-electron chi connectivity index (χ3n) is 1.95. The van der Waals surface area contributed by atoms with Crippen LogP contribution in [0.2, 0.25) is 0 Å². The van der Waals surface area contributed by atoms with Crippen LogP contribution in [0.3, 0.4) is 0 Å². The Morgan fingerprint density at radius 2 is 2.00 bits per heavy atom. The molecule has 0 unspecified atom stereocenters. The van der Waals surface area contributed by atoms with Gasteiger partial charge < -0.3 is 4.98 Å². The van der Waals surface area contributed by atoms with E-state index < -0.39 is 11.6 Å². The predicted molar refractivity (Wildman–Crippen MR) is 62.5 cm³/mol. The van der Waals surface area contributed by atoms with Crippen molar-refractivity contribution in [2.45, 2.75) is 0 Å². The number of hydrogen-bond acceptors (Lipinski definition) is 2. The molecule has 2 aromatic rings. The fourth-order valence-electron chi connectivity index (χ4n) is 1.17. The maximum absolute atomic E-state index is 13.0. The lowest BCUT2D eigenvalue weighted by molar-refractivity contribution is 0.509. The summed E-state index contributed by atoms with van der Waals surface area (Å²) in [7, 11) is 0. The zero-order valence-electron chi connectivity index (χ0n) is 7.80. The number of halogens is 3. The normalized spacial score (nSPS) is 10.4. The number of rotatable bonds is 1. The molecule has 1 N–H and O–H groups in total. The second-order valence-electron chi connectivity index (χ2n) is 3.04. The number of aromatic amines is 1. The van der Waals surface area contributed by atoms with Crippen molar-refractivity contribution in [1.29, 1.82) is 0 Å². The fraction of sp³-hybridized carbons (Fsp3) is 0. The summed E-state index contributed by atoms with van der Waals surface area (Å²) < 4.78 is 26.8. The number of H-pyrrole nitrogens is 1. The third-order valence-corrected chi connectivity index (χ3v) is 3.13. The van der Waals surface area contributed by atoms with Crippen LogP contribution in [0.25, 0.3) is 11.4 Å². The molecule has 1 aromatic heterocycles. The van der Waals surface area contributed by atoms with Crippen LogP contribution in [0, 0.1) is 16.3 Å². The van der Waals surface area contributed by atoms with Gasteiger partial charge in [-0.25, -0.2) is 13.8 Å². The molecule has 0 aliphatic carbocycles. The monoisotopic (exact) mass is 302 g/mol. The lowest BCUT2D eigenvalue weighted by Crippen LogP contribution is -1.91. The summed E-state index contributed by atoms with van der Waals surface area (Å²) in [5.41, 5.74) is 0.442. The highest BCUT2D eigenvalue weighted by molar-refractivity contribution is 9.10. The van der Waals surface area contributed by atoms with Gasteiger partial charge in [0.05, 0.1) is 4.47 Å². The van der Waals surface area contributed by atoms with E-state index in [1.54, 1.807) is 0 Å². The van der Waals surface area contributed by atoms with Gasteiger partial charge in [-0.05, 0) is 34.1 Å². The molecule has 0 aliphatic rings. The molecule has 1 aromatic carbocycles. The van der Waals surface area contributed by atoms with Gasteiger partial charge in [0.2, 0.25) is 0 Å². The van der Waals surface area contributed by atoms with Crippen molar-refractivity contribution >= 4 is 28.1 Å². The maximum Gasteiger partial charge on any atom is 0.159 e. The van der Waals surface area contributed by atoms with Crippen LogP contribution in [0.4, 0.5) is 8.78 Å². The van der Waals surface area contributed by atoms with E-state index in [1.807, 2.05) is 0 Å². The van der Waals surface area contributed by atoms with Crippen LogP contribution in [0.5, 0.6) is 0 Å². The molecular formula is C10H5BrF2N2S. The second kappa shape index (κ2) is 4.39. The summed E-state index contributed by atoms with van der Waals surface area (Å²) >= 11 is 8.19. The quantitative estimate of drug-likeness (QED) is 0.811. The molecule has 0 spiro atoms. The first-order chi connectivity index (χ1) is 7.58. The van der Waals surface area contributed by atoms with E-state index >= 15 is 0 Å².